The molecule has 0 saturated carbocycles. The van der Waals surface area contributed by atoms with Crippen LogP contribution in [0.25, 0.3) is 10.8 Å². The zero-order valence-electron chi connectivity index (χ0n) is 10.4. The lowest BCUT2D eigenvalue weighted by molar-refractivity contribution is 0.475. The van der Waals surface area contributed by atoms with Crippen molar-refractivity contribution < 1.29 is 10.2 Å². The topological polar surface area (TPSA) is 40.5 Å². The zero-order valence-corrected chi connectivity index (χ0v) is 10.4. The highest BCUT2D eigenvalue weighted by Gasteiger charge is 2.05. The van der Waals surface area contributed by atoms with E-state index in [1.165, 1.54) is 5.56 Å². The Kier molecular flexibility index (Phi) is 2.84. The van der Waals surface area contributed by atoms with Gasteiger partial charge in [0.15, 0.2) is 0 Å². The lowest BCUT2D eigenvalue weighted by atomic mass is 9.98. The first kappa shape index (κ1) is 11.6. The quantitative estimate of drug-likeness (QED) is 0.725. The fourth-order valence-corrected chi connectivity index (χ4v) is 2.33. The first-order valence-electron chi connectivity index (χ1n) is 6.21. The van der Waals surface area contributed by atoms with Crippen LogP contribution >= 0.6 is 0 Å². The maximum atomic E-state index is 9.87. The van der Waals surface area contributed by atoms with Gasteiger partial charge in [-0.2, -0.15) is 0 Å². The van der Waals surface area contributed by atoms with E-state index in [0.717, 1.165) is 22.8 Å². The molecule has 2 nitrogen and oxygen atoms in total. The molecule has 0 amide bonds. The summed E-state index contributed by atoms with van der Waals surface area (Å²) in [5, 5.41) is 21.1. The van der Waals surface area contributed by atoms with E-state index in [-0.39, 0.29) is 5.75 Å². The van der Waals surface area contributed by atoms with Crippen LogP contribution in [-0.2, 0) is 6.42 Å². The van der Waals surface area contributed by atoms with Gasteiger partial charge < -0.3 is 10.2 Å². The zero-order chi connectivity index (χ0) is 13.2. The van der Waals surface area contributed by atoms with E-state index in [0.29, 0.717) is 5.75 Å². The molecule has 0 fully saturated rings. The highest BCUT2D eigenvalue weighted by atomic mass is 16.3. The molecule has 0 aliphatic carbocycles. The van der Waals surface area contributed by atoms with Gasteiger partial charge >= 0.3 is 0 Å². The highest BCUT2D eigenvalue weighted by molar-refractivity contribution is 5.91. The maximum Gasteiger partial charge on any atom is 0.123 e. The van der Waals surface area contributed by atoms with Gasteiger partial charge in [0, 0.05) is 5.39 Å². The van der Waals surface area contributed by atoms with Gasteiger partial charge in [-0.05, 0) is 41.1 Å². The molecule has 19 heavy (non-hydrogen) atoms. The minimum atomic E-state index is 0.277. The predicted octanol–water partition coefficient (Wildman–Crippen LogP) is 3.84. The molecule has 0 spiro atoms. The molecule has 0 aromatic heterocycles. The molecule has 0 unspecified atom stereocenters. The van der Waals surface area contributed by atoms with Crippen molar-refractivity contribution in [3.8, 4) is 11.5 Å². The highest BCUT2D eigenvalue weighted by Crippen LogP contribution is 2.28. The minimum Gasteiger partial charge on any atom is -0.508 e. The van der Waals surface area contributed by atoms with E-state index in [4.69, 9.17) is 0 Å². The number of aromatic hydroxyl groups is 2. The van der Waals surface area contributed by atoms with Crippen molar-refractivity contribution in [3.63, 3.8) is 0 Å². The van der Waals surface area contributed by atoms with Gasteiger partial charge in [-0.3, -0.25) is 0 Å². The molecule has 0 aliphatic rings. The monoisotopic (exact) mass is 250 g/mol. The van der Waals surface area contributed by atoms with Crippen molar-refractivity contribution in [1.29, 1.82) is 0 Å². The van der Waals surface area contributed by atoms with Crippen molar-refractivity contribution >= 4 is 10.8 Å². The van der Waals surface area contributed by atoms with Crippen LogP contribution in [-0.4, -0.2) is 10.2 Å². The van der Waals surface area contributed by atoms with Gasteiger partial charge in [0.25, 0.3) is 0 Å². The van der Waals surface area contributed by atoms with E-state index in [1.54, 1.807) is 18.2 Å². The van der Waals surface area contributed by atoms with Crippen molar-refractivity contribution in [3.05, 3.63) is 71.8 Å². The van der Waals surface area contributed by atoms with E-state index >= 15 is 0 Å². The van der Waals surface area contributed by atoms with E-state index in [1.807, 2.05) is 42.5 Å². The molecule has 2 heteroatoms. The number of benzene rings is 3. The van der Waals surface area contributed by atoms with E-state index in [2.05, 4.69) is 0 Å². The maximum absolute atomic E-state index is 9.87. The fourth-order valence-electron chi connectivity index (χ4n) is 2.33. The summed E-state index contributed by atoms with van der Waals surface area (Å²) in [6.07, 6.45) is 0.779. The Morgan fingerprint density at radius 3 is 2.11 bits per heavy atom. The third-order valence-electron chi connectivity index (χ3n) is 3.32. The van der Waals surface area contributed by atoms with Crippen LogP contribution in [0.5, 0.6) is 11.5 Å². The molecule has 3 aromatic carbocycles. The second-order valence-electron chi connectivity index (χ2n) is 4.63. The smallest absolute Gasteiger partial charge is 0.123 e. The normalized spacial score (nSPS) is 10.7. The summed E-state index contributed by atoms with van der Waals surface area (Å²) >= 11 is 0. The van der Waals surface area contributed by atoms with Gasteiger partial charge in [-0.15, -0.1) is 0 Å². The minimum absolute atomic E-state index is 0.277. The summed E-state index contributed by atoms with van der Waals surface area (Å²) in [6.45, 7) is 0. The van der Waals surface area contributed by atoms with Crippen LogP contribution in [0, 0.1) is 0 Å². The Balaban J connectivity index is 2.06. The third-order valence-corrected chi connectivity index (χ3v) is 3.32. The van der Waals surface area contributed by atoms with Crippen LogP contribution in [0.15, 0.2) is 60.7 Å². The van der Waals surface area contributed by atoms with Gasteiger partial charge in [0.2, 0.25) is 0 Å². The van der Waals surface area contributed by atoms with Gasteiger partial charge in [0.05, 0.1) is 0 Å². The number of fused-ring (bicyclic) bond motifs is 1. The third kappa shape index (κ3) is 2.25. The molecule has 0 aliphatic heterocycles. The van der Waals surface area contributed by atoms with Crippen LogP contribution < -0.4 is 0 Å². The number of rotatable bonds is 2. The average Bonchev–Trinajstić information content (AvgIpc) is 2.45. The summed E-state index contributed by atoms with van der Waals surface area (Å²) in [6, 6.07) is 18.7. The SMILES string of the molecule is Oc1ccc(Cc2ccc(O)c3ccccc23)cc1. The summed E-state index contributed by atoms with van der Waals surface area (Å²) in [5.41, 5.74) is 2.30. The van der Waals surface area contributed by atoms with E-state index < -0.39 is 0 Å². The molecule has 0 bridgehead atoms. The molecular formula is C17H14O2. The van der Waals surface area contributed by atoms with Crippen molar-refractivity contribution in [2.45, 2.75) is 6.42 Å². The molecule has 0 heterocycles. The first-order valence-corrected chi connectivity index (χ1v) is 6.21. The van der Waals surface area contributed by atoms with E-state index in [9.17, 15) is 10.2 Å². The lowest BCUT2D eigenvalue weighted by Crippen LogP contribution is -1.89. The Bertz CT molecular complexity index is 715. The Hall–Kier alpha value is -2.48. The summed E-state index contributed by atoms with van der Waals surface area (Å²) < 4.78 is 0. The van der Waals surface area contributed by atoms with Crippen molar-refractivity contribution in [2.24, 2.45) is 0 Å². The lowest BCUT2D eigenvalue weighted by Gasteiger charge is -2.08. The van der Waals surface area contributed by atoms with Gasteiger partial charge in [-0.1, -0.05) is 42.5 Å². The largest absolute Gasteiger partial charge is 0.508 e. The summed E-state index contributed by atoms with van der Waals surface area (Å²) in [4.78, 5) is 0. The standard InChI is InChI=1S/C17H14O2/c18-14-8-5-12(6-9-14)11-13-7-10-17(19)16-4-2-1-3-15(13)16/h1-10,18-19H,11H2. The van der Waals surface area contributed by atoms with Crippen LogP contribution in [0.1, 0.15) is 11.1 Å². The first-order chi connectivity index (χ1) is 9.24. The molecule has 0 radical (unpaired) electrons. The Morgan fingerprint density at radius 2 is 1.37 bits per heavy atom. The molecule has 3 rings (SSSR count). The second-order valence-corrected chi connectivity index (χ2v) is 4.63. The molecule has 2 N–H and O–H groups in total. The van der Waals surface area contributed by atoms with Gasteiger partial charge in [-0.25, -0.2) is 0 Å². The Morgan fingerprint density at radius 1 is 0.684 bits per heavy atom. The molecule has 0 saturated heterocycles. The predicted molar refractivity (Wildman–Crippen MR) is 76.5 cm³/mol. The molecular weight excluding hydrogens is 236 g/mol. The number of phenols is 2. The fraction of sp³-hybridized carbons (Fsp3) is 0.0588. The number of hydrogen-bond acceptors (Lipinski definition) is 2. The molecule has 3 aromatic rings. The molecule has 94 valence electrons. The number of phenolic OH excluding ortho intramolecular Hbond substituents is 2. The van der Waals surface area contributed by atoms with Crippen molar-refractivity contribution in [2.75, 3.05) is 0 Å². The summed E-state index contributed by atoms with van der Waals surface area (Å²) in [5.74, 6) is 0.587. The average molecular weight is 250 g/mol. The Labute approximate surface area is 111 Å². The van der Waals surface area contributed by atoms with Crippen LogP contribution in [0.3, 0.4) is 0 Å². The molecule has 0 atom stereocenters. The van der Waals surface area contributed by atoms with Crippen molar-refractivity contribution in [1.82, 2.24) is 0 Å². The summed E-state index contributed by atoms with van der Waals surface area (Å²) in [7, 11) is 0. The number of hydrogen-bond donors (Lipinski definition) is 2. The second kappa shape index (κ2) is 4.65. The van der Waals surface area contributed by atoms with Gasteiger partial charge in [0.1, 0.15) is 11.5 Å². The van der Waals surface area contributed by atoms with Crippen LogP contribution in [0.4, 0.5) is 0 Å². The van der Waals surface area contributed by atoms with Crippen LogP contribution in [0.2, 0.25) is 0 Å².